The lowest BCUT2D eigenvalue weighted by Gasteiger charge is -2.22. The Balaban J connectivity index is 1.52. The van der Waals surface area contributed by atoms with Crippen molar-refractivity contribution in [3.63, 3.8) is 0 Å². The van der Waals surface area contributed by atoms with Crippen molar-refractivity contribution < 1.29 is 14.6 Å². The van der Waals surface area contributed by atoms with Crippen molar-refractivity contribution in [2.24, 2.45) is 0 Å². The molecule has 0 aliphatic heterocycles. The number of ketones is 1. The van der Waals surface area contributed by atoms with Gasteiger partial charge in [0.2, 0.25) is 5.95 Å². The fourth-order valence-electron chi connectivity index (χ4n) is 3.72. The third-order valence-electron chi connectivity index (χ3n) is 5.31. The Morgan fingerprint density at radius 2 is 1.81 bits per heavy atom. The Kier molecular flexibility index (Phi) is 6.52. The highest BCUT2D eigenvalue weighted by Crippen LogP contribution is 2.24. The molecular weight excluding hydrogens is 402 g/mol. The summed E-state index contributed by atoms with van der Waals surface area (Å²) in [4.78, 5) is 18.5. The molecule has 0 radical (unpaired) electrons. The monoisotopic (exact) mass is 429 g/mol. The first kappa shape index (κ1) is 21.6. The number of rotatable bonds is 9. The number of Topliss-reactive ketones (excluding diaryl/α,β-unsaturated/α-hetero) is 1. The van der Waals surface area contributed by atoms with Gasteiger partial charge in [0, 0.05) is 19.2 Å². The summed E-state index contributed by atoms with van der Waals surface area (Å²) in [5, 5.41) is 10.8. The van der Waals surface area contributed by atoms with Crippen molar-refractivity contribution in [3.8, 4) is 5.75 Å². The van der Waals surface area contributed by atoms with Crippen LogP contribution in [0.15, 0.2) is 78.9 Å². The second-order valence-electron chi connectivity index (χ2n) is 7.90. The smallest absolute Gasteiger partial charge is 0.206 e. The third-order valence-corrected chi connectivity index (χ3v) is 5.31. The first-order chi connectivity index (χ1) is 15.5. The zero-order valence-electron chi connectivity index (χ0n) is 18.3. The average Bonchev–Trinajstić information content (AvgIpc) is 3.17. The summed E-state index contributed by atoms with van der Waals surface area (Å²) in [5.74, 6) is 1.33. The second-order valence-corrected chi connectivity index (χ2v) is 7.90. The van der Waals surface area contributed by atoms with Crippen molar-refractivity contribution in [2.75, 3.05) is 18.6 Å². The van der Waals surface area contributed by atoms with Crippen LogP contribution in [0.3, 0.4) is 0 Å². The molecule has 6 heteroatoms. The number of carbonyl (C=O) groups is 1. The van der Waals surface area contributed by atoms with Crippen molar-refractivity contribution in [1.29, 1.82) is 0 Å². The van der Waals surface area contributed by atoms with Gasteiger partial charge in [-0.3, -0.25) is 4.79 Å². The molecule has 0 saturated carbocycles. The molecule has 1 unspecified atom stereocenters. The van der Waals surface area contributed by atoms with Gasteiger partial charge in [-0.25, -0.2) is 4.98 Å². The van der Waals surface area contributed by atoms with E-state index in [2.05, 4.69) is 17.0 Å². The van der Waals surface area contributed by atoms with Gasteiger partial charge in [-0.1, -0.05) is 54.6 Å². The summed E-state index contributed by atoms with van der Waals surface area (Å²) >= 11 is 0. The lowest BCUT2D eigenvalue weighted by atomic mass is 10.1. The van der Waals surface area contributed by atoms with Gasteiger partial charge in [0.05, 0.1) is 17.6 Å². The quantitative estimate of drug-likeness (QED) is 0.402. The number of ether oxygens (including phenoxy) is 1. The molecule has 6 nitrogen and oxygen atoms in total. The van der Waals surface area contributed by atoms with E-state index in [1.54, 1.807) is 24.3 Å². The van der Waals surface area contributed by atoms with E-state index in [1.165, 1.54) is 12.5 Å². The number of nitrogens with zero attached hydrogens (tertiary/aromatic N) is 3. The summed E-state index contributed by atoms with van der Waals surface area (Å²) < 4.78 is 7.79. The summed E-state index contributed by atoms with van der Waals surface area (Å²) in [6.07, 6.45) is -0.752. The minimum atomic E-state index is -0.752. The lowest BCUT2D eigenvalue weighted by molar-refractivity contribution is 0.0935. The number of aliphatic hydroxyl groups is 1. The van der Waals surface area contributed by atoms with Crippen LogP contribution in [0.4, 0.5) is 5.95 Å². The number of anilines is 1. The third kappa shape index (κ3) is 4.98. The normalized spacial score (nSPS) is 12.0. The Labute approximate surface area is 187 Å². The number of carbonyl (C=O) groups excluding carboxylic acids is 1. The molecule has 0 amide bonds. The number of benzene rings is 3. The Hall–Kier alpha value is -3.64. The van der Waals surface area contributed by atoms with Crippen LogP contribution in [0.2, 0.25) is 0 Å². The van der Waals surface area contributed by atoms with Crippen LogP contribution in [0, 0.1) is 0 Å². The molecule has 4 rings (SSSR count). The van der Waals surface area contributed by atoms with Crippen LogP contribution in [-0.2, 0) is 13.1 Å². The van der Waals surface area contributed by atoms with Gasteiger partial charge in [0.15, 0.2) is 5.78 Å². The van der Waals surface area contributed by atoms with Crippen molar-refractivity contribution >= 4 is 22.8 Å². The van der Waals surface area contributed by atoms with Crippen LogP contribution in [0.5, 0.6) is 5.75 Å². The molecule has 1 aromatic heterocycles. The first-order valence-electron chi connectivity index (χ1n) is 10.6. The highest BCUT2D eigenvalue weighted by Gasteiger charge is 2.18. The van der Waals surface area contributed by atoms with Gasteiger partial charge in [-0.15, -0.1) is 0 Å². The molecule has 0 spiro atoms. The Morgan fingerprint density at radius 3 is 2.59 bits per heavy atom. The average molecular weight is 430 g/mol. The van der Waals surface area contributed by atoms with E-state index in [9.17, 15) is 9.90 Å². The Bertz CT molecular complexity index is 1200. The van der Waals surface area contributed by atoms with E-state index in [-0.39, 0.29) is 12.4 Å². The SMILES string of the molecule is CC(=O)c1cccc(OCC(O)Cn2c(N(C)Cc3ccccc3)nc3ccccc32)c1. The molecule has 1 atom stereocenters. The minimum Gasteiger partial charge on any atom is -0.491 e. The minimum absolute atomic E-state index is 0.0213. The standard InChI is InChI=1S/C26H27N3O3/c1-19(30)21-11-8-12-23(15-21)32-18-22(31)17-29-25-14-7-6-13-24(25)27-26(29)28(2)16-20-9-4-3-5-10-20/h3-15,22,31H,16-18H2,1-2H3. The molecular formula is C26H27N3O3. The number of fused-ring (bicyclic) bond motifs is 1. The lowest BCUT2D eigenvalue weighted by Crippen LogP contribution is -2.27. The molecule has 0 saturated heterocycles. The summed E-state index contributed by atoms with van der Waals surface area (Å²) in [7, 11) is 2.00. The van der Waals surface area contributed by atoms with Crippen LogP contribution < -0.4 is 9.64 Å². The van der Waals surface area contributed by atoms with E-state index >= 15 is 0 Å². The van der Waals surface area contributed by atoms with Crippen LogP contribution >= 0.6 is 0 Å². The summed E-state index contributed by atoms with van der Waals surface area (Å²) in [6, 6.07) is 25.1. The molecule has 0 aliphatic carbocycles. The maximum atomic E-state index is 11.6. The molecule has 32 heavy (non-hydrogen) atoms. The number of hydrogen-bond donors (Lipinski definition) is 1. The zero-order valence-corrected chi connectivity index (χ0v) is 18.3. The number of para-hydroxylation sites is 2. The predicted molar refractivity (Wildman–Crippen MR) is 126 cm³/mol. The van der Waals surface area contributed by atoms with Gasteiger partial charge in [-0.05, 0) is 36.8 Å². The van der Waals surface area contributed by atoms with E-state index in [0.29, 0.717) is 24.4 Å². The van der Waals surface area contributed by atoms with Crippen LogP contribution in [0.25, 0.3) is 11.0 Å². The molecule has 0 aliphatic rings. The molecule has 0 fully saturated rings. The largest absolute Gasteiger partial charge is 0.491 e. The molecule has 3 aromatic carbocycles. The summed E-state index contributed by atoms with van der Waals surface area (Å²) in [5.41, 5.74) is 3.61. The zero-order chi connectivity index (χ0) is 22.5. The summed E-state index contributed by atoms with van der Waals surface area (Å²) in [6.45, 7) is 2.66. The van der Waals surface area contributed by atoms with Crippen molar-refractivity contribution in [1.82, 2.24) is 9.55 Å². The number of aromatic nitrogens is 2. The number of aliphatic hydroxyl groups excluding tert-OH is 1. The van der Waals surface area contributed by atoms with E-state index in [1.807, 2.05) is 54.1 Å². The van der Waals surface area contributed by atoms with Gasteiger partial charge >= 0.3 is 0 Å². The van der Waals surface area contributed by atoms with Crippen LogP contribution in [0.1, 0.15) is 22.8 Å². The number of hydrogen-bond acceptors (Lipinski definition) is 5. The van der Waals surface area contributed by atoms with Gasteiger partial charge in [0.25, 0.3) is 0 Å². The van der Waals surface area contributed by atoms with Crippen molar-refractivity contribution in [3.05, 3.63) is 90.0 Å². The maximum Gasteiger partial charge on any atom is 0.206 e. The highest BCUT2D eigenvalue weighted by atomic mass is 16.5. The first-order valence-corrected chi connectivity index (χ1v) is 10.6. The highest BCUT2D eigenvalue weighted by molar-refractivity contribution is 5.94. The van der Waals surface area contributed by atoms with Gasteiger partial charge < -0.3 is 19.3 Å². The van der Waals surface area contributed by atoms with Crippen molar-refractivity contribution in [2.45, 2.75) is 26.1 Å². The molecule has 1 N–H and O–H groups in total. The molecule has 164 valence electrons. The second kappa shape index (κ2) is 9.66. The Morgan fingerprint density at radius 1 is 1.06 bits per heavy atom. The topological polar surface area (TPSA) is 67.6 Å². The van der Waals surface area contributed by atoms with E-state index < -0.39 is 6.10 Å². The maximum absolute atomic E-state index is 11.6. The van der Waals surface area contributed by atoms with Gasteiger partial charge in [0.1, 0.15) is 18.5 Å². The molecule has 4 aromatic rings. The van der Waals surface area contributed by atoms with E-state index in [4.69, 9.17) is 9.72 Å². The van der Waals surface area contributed by atoms with E-state index in [0.717, 1.165) is 17.0 Å². The number of imidazole rings is 1. The fraction of sp³-hybridized carbons (Fsp3) is 0.231. The van der Waals surface area contributed by atoms with Crippen LogP contribution in [-0.4, -0.2) is 40.2 Å². The molecule has 1 heterocycles. The van der Waals surface area contributed by atoms with Gasteiger partial charge in [-0.2, -0.15) is 0 Å². The molecule has 0 bridgehead atoms. The fourth-order valence-corrected chi connectivity index (χ4v) is 3.72. The predicted octanol–water partition coefficient (Wildman–Crippen LogP) is 4.32.